The topological polar surface area (TPSA) is 71.2 Å². The molecule has 1 aliphatic rings. The van der Waals surface area contributed by atoms with E-state index < -0.39 is 0 Å². The minimum absolute atomic E-state index is 0.00651. The van der Waals surface area contributed by atoms with Crippen molar-refractivity contribution in [1.29, 1.82) is 0 Å². The highest BCUT2D eigenvalue weighted by atomic mass is 127. The number of anilines is 2. The number of fused-ring (bicyclic) bond motifs is 1. The second-order valence-electron chi connectivity index (χ2n) is 6.21. The van der Waals surface area contributed by atoms with E-state index in [-0.39, 0.29) is 17.8 Å². The summed E-state index contributed by atoms with van der Waals surface area (Å²) in [5, 5.41) is 4.47. The first-order valence-corrected chi connectivity index (χ1v) is 10.1. The van der Waals surface area contributed by atoms with Gasteiger partial charge in [0.1, 0.15) is 15.6 Å². The smallest absolute Gasteiger partial charge is 0.257 e. The minimum Gasteiger partial charge on any atom is -0.344 e. The molecule has 1 atom stereocenters. The number of halogens is 2. The number of nitrogens with one attached hydrogen (secondary N) is 1. The molecule has 3 N–H and O–H groups in total. The summed E-state index contributed by atoms with van der Waals surface area (Å²) < 4.78 is 15.1. The maximum absolute atomic E-state index is 14.3. The number of nitrogens with zero attached hydrogens (tertiary/aromatic N) is 2. The molecule has 0 saturated carbocycles. The molecule has 5 nitrogen and oxygen atoms in total. The van der Waals surface area contributed by atoms with Crippen LogP contribution < -0.4 is 11.1 Å². The molecule has 3 aromatic rings. The van der Waals surface area contributed by atoms with Crippen LogP contribution in [0.15, 0.2) is 36.5 Å². The number of hydrogen-bond donors (Lipinski definition) is 2. The maximum Gasteiger partial charge on any atom is 0.257 e. The number of thiophene rings is 1. The highest BCUT2D eigenvalue weighted by Crippen LogP contribution is 2.38. The van der Waals surface area contributed by atoms with Gasteiger partial charge in [-0.05, 0) is 59.3 Å². The molecule has 1 fully saturated rings. The Bertz CT molecular complexity index is 992. The highest BCUT2D eigenvalue weighted by Gasteiger charge is 2.29. The second-order valence-corrected chi connectivity index (χ2v) is 8.46. The predicted octanol–water partition coefficient (Wildman–Crippen LogP) is 3.96. The first kappa shape index (κ1) is 17.6. The fourth-order valence-electron chi connectivity index (χ4n) is 3.08. The molecule has 0 spiro atoms. The van der Waals surface area contributed by atoms with Crippen LogP contribution in [0.5, 0.6) is 0 Å². The zero-order chi connectivity index (χ0) is 18.3. The molecule has 8 heteroatoms. The first-order valence-electron chi connectivity index (χ1n) is 8.17. The third-order valence-corrected chi connectivity index (χ3v) is 6.07. The zero-order valence-electron chi connectivity index (χ0n) is 13.7. The van der Waals surface area contributed by atoms with Crippen molar-refractivity contribution in [2.45, 2.75) is 12.5 Å². The summed E-state index contributed by atoms with van der Waals surface area (Å²) in [4.78, 5) is 20.0. The number of amides is 1. The van der Waals surface area contributed by atoms with E-state index in [0.29, 0.717) is 29.3 Å². The lowest BCUT2D eigenvalue weighted by atomic mass is 10.1. The number of nitrogens with two attached hydrogens (primary N) is 1. The molecule has 0 unspecified atom stereocenters. The number of carbonyl (C=O) groups is 1. The lowest BCUT2D eigenvalue weighted by Crippen LogP contribution is -2.32. The van der Waals surface area contributed by atoms with Crippen LogP contribution in [0.3, 0.4) is 0 Å². The van der Waals surface area contributed by atoms with Gasteiger partial charge in [0, 0.05) is 34.3 Å². The van der Waals surface area contributed by atoms with Crippen LogP contribution in [-0.4, -0.2) is 34.9 Å². The molecule has 0 bridgehead atoms. The van der Waals surface area contributed by atoms with Crippen molar-refractivity contribution in [3.63, 3.8) is 0 Å². The van der Waals surface area contributed by atoms with Gasteiger partial charge in [0.25, 0.3) is 5.91 Å². The van der Waals surface area contributed by atoms with Gasteiger partial charge in [-0.15, -0.1) is 0 Å². The van der Waals surface area contributed by atoms with Gasteiger partial charge in [-0.25, -0.2) is 9.37 Å². The SMILES string of the molecule is N[C@H]1CCN(C(=O)c2c(Nc3ccc(I)cc3F)sc3ncccc23)C1. The summed E-state index contributed by atoms with van der Waals surface area (Å²) in [6.45, 7) is 1.17. The lowest BCUT2D eigenvalue weighted by molar-refractivity contribution is 0.0794. The molecule has 3 heterocycles. The minimum atomic E-state index is -0.357. The van der Waals surface area contributed by atoms with Crippen LogP contribution in [0.2, 0.25) is 0 Å². The first-order chi connectivity index (χ1) is 12.5. The number of aromatic nitrogens is 1. The van der Waals surface area contributed by atoms with Gasteiger partial charge in [0.05, 0.1) is 11.3 Å². The van der Waals surface area contributed by atoms with Crippen molar-refractivity contribution in [3.8, 4) is 0 Å². The third kappa shape index (κ3) is 3.28. The number of pyridine rings is 1. The van der Waals surface area contributed by atoms with Crippen LogP contribution in [0, 0.1) is 9.39 Å². The predicted molar refractivity (Wildman–Crippen MR) is 111 cm³/mol. The Morgan fingerprint density at radius 1 is 1.42 bits per heavy atom. The average Bonchev–Trinajstić information content (AvgIpc) is 3.20. The quantitative estimate of drug-likeness (QED) is 0.555. The number of rotatable bonds is 3. The maximum atomic E-state index is 14.3. The van der Waals surface area contributed by atoms with Crippen molar-refractivity contribution in [1.82, 2.24) is 9.88 Å². The molecule has 1 aliphatic heterocycles. The van der Waals surface area contributed by atoms with E-state index in [1.54, 1.807) is 23.2 Å². The van der Waals surface area contributed by atoms with Gasteiger partial charge in [-0.2, -0.15) is 0 Å². The molecule has 1 aromatic carbocycles. The number of hydrogen-bond acceptors (Lipinski definition) is 5. The fourth-order valence-corrected chi connectivity index (χ4v) is 4.58. The normalized spacial score (nSPS) is 17.0. The van der Waals surface area contributed by atoms with Crippen molar-refractivity contribution >= 4 is 60.7 Å². The van der Waals surface area contributed by atoms with Crippen LogP contribution in [0.25, 0.3) is 10.2 Å². The monoisotopic (exact) mass is 482 g/mol. The summed E-state index contributed by atoms with van der Waals surface area (Å²) in [6.07, 6.45) is 2.48. The van der Waals surface area contributed by atoms with Gasteiger partial charge in [-0.1, -0.05) is 11.3 Å². The van der Waals surface area contributed by atoms with Crippen LogP contribution in [0.4, 0.5) is 15.1 Å². The molecule has 0 aliphatic carbocycles. The largest absolute Gasteiger partial charge is 0.344 e. The van der Waals surface area contributed by atoms with Crippen molar-refractivity contribution in [3.05, 3.63) is 51.5 Å². The van der Waals surface area contributed by atoms with Gasteiger partial charge < -0.3 is 16.0 Å². The highest BCUT2D eigenvalue weighted by molar-refractivity contribution is 14.1. The van der Waals surface area contributed by atoms with Gasteiger partial charge >= 0.3 is 0 Å². The van der Waals surface area contributed by atoms with Gasteiger partial charge in [0.15, 0.2) is 0 Å². The van der Waals surface area contributed by atoms with E-state index in [0.717, 1.165) is 20.2 Å². The molecular weight excluding hydrogens is 466 g/mol. The Morgan fingerprint density at radius 3 is 3.00 bits per heavy atom. The van der Waals surface area contributed by atoms with Gasteiger partial charge in [0.2, 0.25) is 0 Å². The fraction of sp³-hybridized carbons (Fsp3) is 0.222. The molecule has 2 aromatic heterocycles. The summed E-state index contributed by atoms with van der Waals surface area (Å²) in [7, 11) is 0. The van der Waals surface area contributed by atoms with Crippen LogP contribution in [-0.2, 0) is 0 Å². The summed E-state index contributed by atoms with van der Waals surface area (Å²) in [5.41, 5.74) is 6.82. The summed E-state index contributed by atoms with van der Waals surface area (Å²) >= 11 is 3.41. The number of carbonyl (C=O) groups excluding carboxylic acids is 1. The van der Waals surface area contributed by atoms with E-state index in [1.807, 2.05) is 12.1 Å². The van der Waals surface area contributed by atoms with Crippen molar-refractivity contribution in [2.75, 3.05) is 18.4 Å². The molecule has 1 amide bonds. The number of likely N-dealkylation sites (tertiary alicyclic amines) is 1. The van der Waals surface area contributed by atoms with Crippen molar-refractivity contribution in [2.24, 2.45) is 5.73 Å². The molecule has 134 valence electrons. The Balaban J connectivity index is 1.77. The van der Waals surface area contributed by atoms with E-state index >= 15 is 0 Å². The Labute approximate surface area is 167 Å². The zero-order valence-corrected chi connectivity index (χ0v) is 16.7. The van der Waals surface area contributed by atoms with Crippen LogP contribution in [0.1, 0.15) is 16.8 Å². The van der Waals surface area contributed by atoms with E-state index in [4.69, 9.17) is 5.73 Å². The third-order valence-electron chi connectivity index (χ3n) is 4.37. The number of benzene rings is 1. The Kier molecular flexibility index (Phi) is 4.80. The molecule has 4 rings (SSSR count). The van der Waals surface area contributed by atoms with Crippen molar-refractivity contribution < 1.29 is 9.18 Å². The van der Waals surface area contributed by atoms with E-state index in [9.17, 15) is 9.18 Å². The molecule has 1 saturated heterocycles. The average molecular weight is 482 g/mol. The summed E-state index contributed by atoms with van der Waals surface area (Å²) in [5.74, 6) is -0.450. The molecular formula is C18H16FIN4OS. The van der Waals surface area contributed by atoms with E-state index in [2.05, 4.69) is 32.9 Å². The standard InChI is InChI=1S/C18H16FIN4OS/c19-13-8-10(20)3-4-14(13)23-17-15(12-2-1-6-22-16(12)26-17)18(25)24-7-5-11(21)9-24/h1-4,6,8,11,23H,5,7,9,21H2/t11-/m0/s1. The lowest BCUT2D eigenvalue weighted by Gasteiger charge is -2.17. The second kappa shape index (κ2) is 7.09. The Morgan fingerprint density at radius 2 is 2.27 bits per heavy atom. The van der Waals surface area contributed by atoms with Gasteiger partial charge in [-0.3, -0.25) is 4.79 Å². The molecule has 26 heavy (non-hydrogen) atoms. The van der Waals surface area contributed by atoms with Crippen LogP contribution >= 0.6 is 33.9 Å². The van der Waals surface area contributed by atoms with E-state index in [1.165, 1.54) is 17.4 Å². The Hall–Kier alpha value is -1.78. The molecule has 0 radical (unpaired) electrons. The summed E-state index contributed by atoms with van der Waals surface area (Å²) in [6, 6.07) is 8.63.